The molecule has 6 nitrogen and oxygen atoms in total. The Balaban J connectivity index is 1.80. The van der Waals surface area contributed by atoms with Crippen LogP contribution in [0, 0.1) is 13.8 Å². The first-order chi connectivity index (χ1) is 12.6. The number of hydrogen-bond acceptors (Lipinski definition) is 5. The molecule has 0 aliphatic heterocycles. The lowest BCUT2D eigenvalue weighted by Crippen LogP contribution is -2.24. The van der Waals surface area contributed by atoms with Gasteiger partial charge in [-0.3, -0.25) is 4.79 Å². The summed E-state index contributed by atoms with van der Waals surface area (Å²) in [6, 6.07) is 11.4. The Kier molecular flexibility index (Phi) is 5.31. The third-order valence-electron chi connectivity index (χ3n) is 4.07. The fourth-order valence-electron chi connectivity index (χ4n) is 2.73. The third kappa shape index (κ3) is 4.08. The summed E-state index contributed by atoms with van der Waals surface area (Å²) in [6.45, 7) is 6.29. The van der Waals surface area contributed by atoms with Crippen molar-refractivity contribution in [2.45, 2.75) is 33.7 Å². The van der Waals surface area contributed by atoms with Gasteiger partial charge in [0, 0.05) is 11.4 Å². The minimum Gasteiger partial charge on any atom is -0.467 e. The highest BCUT2D eigenvalue weighted by atomic mass is 16.3. The largest absolute Gasteiger partial charge is 0.467 e. The number of furan rings is 1. The van der Waals surface area contributed by atoms with Crippen molar-refractivity contribution >= 4 is 17.5 Å². The molecule has 26 heavy (non-hydrogen) atoms. The molecule has 0 aliphatic rings. The lowest BCUT2D eigenvalue weighted by molar-refractivity contribution is 0.0943. The maximum atomic E-state index is 12.4. The van der Waals surface area contributed by atoms with E-state index in [4.69, 9.17) is 4.42 Å². The predicted octanol–water partition coefficient (Wildman–Crippen LogP) is 3.92. The number of carbonyl (C=O) groups excluding carboxylic acids is 1. The van der Waals surface area contributed by atoms with E-state index in [0.29, 0.717) is 23.9 Å². The molecule has 0 saturated heterocycles. The van der Waals surface area contributed by atoms with Crippen LogP contribution in [0.2, 0.25) is 0 Å². The molecule has 0 spiro atoms. The Labute approximate surface area is 152 Å². The Morgan fingerprint density at radius 3 is 2.73 bits per heavy atom. The van der Waals surface area contributed by atoms with Gasteiger partial charge in [0.05, 0.1) is 12.8 Å². The number of carbonyl (C=O) groups is 1. The standard InChI is InChI=1S/C20H22N4O2/c1-4-15-8-5-7-13(2)18(15)24-20-22-14(3)11-17(23-20)19(25)21-12-16-9-6-10-26-16/h5-11H,4,12H2,1-3H3,(H,21,25)(H,22,23,24). The van der Waals surface area contributed by atoms with Gasteiger partial charge >= 0.3 is 0 Å². The highest BCUT2D eigenvalue weighted by Gasteiger charge is 2.13. The molecule has 0 atom stereocenters. The van der Waals surface area contributed by atoms with E-state index in [2.05, 4.69) is 33.6 Å². The predicted molar refractivity (Wildman–Crippen MR) is 100 cm³/mol. The van der Waals surface area contributed by atoms with Crippen LogP contribution in [0.15, 0.2) is 47.1 Å². The van der Waals surface area contributed by atoms with Crippen molar-refractivity contribution in [3.8, 4) is 0 Å². The first-order valence-electron chi connectivity index (χ1n) is 8.58. The first kappa shape index (κ1) is 17.7. The molecular formula is C20H22N4O2. The van der Waals surface area contributed by atoms with E-state index >= 15 is 0 Å². The Morgan fingerprint density at radius 2 is 2.00 bits per heavy atom. The van der Waals surface area contributed by atoms with Crippen LogP contribution >= 0.6 is 0 Å². The summed E-state index contributed by atoms with van der Waals surface area (Å²) < 4.78 is 5.23. The van der Waals surface area contributed by atoms with Gasteiger partial charge in [0.1, 0.15) is 11.5 Å². The summed E-state index contributed by atoms with van der Waals surface area (Å²) in [4.78, 5) is 21.2. The maximum Gasteiger partial charge on any atom is 0.270 e. The van der Waals surface area contributed by atoms with Crippen molar-refractivity contribution in [2.24, 2.45) is 0 Å². The number of nitrogens with one attached hydrogen (secondary N) is 2. The number of anilines is 2. The monoisotopic (exact) mass is 350 g/mol. The van der Waals surface area contributed by atoms with Crippen molar-refractivity contribution in [2.75, 3.05) is 5.32 Å². The summed E-state index contributed by atoms with van der Waals surface area (Å²) in [5.41, 5.74) is 4.32. The molecule has 2 heterocycles. The van der Waals surface area contributed by atoms with Gasteiger partial charge in [0.2, 0.25) is 5.95 Å². The summed E-state index contributed by atoms with van der Waals surface area (Å²) in [5.74, 6) is 0.836. The number of aromatic nitrogens is 2. The highest BCUT2D eigenvalue weighted by Crippen LogP contribution is 2.24. The molecule has 6 heteroatoms. The van der Waals surface area contributed by atoms with Crippen molar-refractivity contribution in [3.63, 3.8) is 0 Å². The summed E-state index contributed by atoms with van der Waals surface area (Å²) >= 11 is 0. The molecule has 0 saturated carbocycles. The fraction of sp³-hybridized carbons (Fsp3) is 0.250. The summed E-state index contributed by atoms with van der Waals surface area (Å²) in [6.07, 6.45) is 2.47. The molecule has 0 bridgehead atoms. The first-order valence-corrected chi connectivity index (χ1v) is 8.58. The third-order valence-corrected chi connectivity index (χ3v) is 4.07. The van der Waals surface area contributed by atoms with Crippen LogP contribution in [-0.4, -0.2) is 15.9 Å². The van der Waals surface area contributed by atoms with Crippen LogP contribution in [0.3, 0.4) is 0 Å². The van der Waals surface area contributed by atoms with Crippen molar-refractivity contribution in [3.05, 3.63) is 70.9 Å². The molecule has 2 N–H and O–H groups in total. The van der Waals surface area contributed by atoms with Crippen LogP contribution < -0.4 is 10.6 Å². The van der Waals surface area contributed by atoms with Gasteiger partial charge in [0.25, 0.3) is 5.91 Å². The van der Waals surface area contributed by atoms with Crippen molar-refractivity contribution in [1.29, 1.82) is 0 Å². The van der Waals surface area contributed by atoms with E-state index < -0.39 is 0 Å². The smallest absolute Gasteiger partial charge is 0.270 e. The number of benzene rings is 1. The maximum absolute atomic E-state index is 12.4. The zero-order chi connectivity index (χ0) is 18.5. The number of amides is 1. The molecule has 2 aromatic heterocycles. The van der Waals surface area contributed by atoms with E-state index in [-0.39, 0.29) is 5.91 Å². The van der Waals surface area contributed by atoms with Crippen molar-refractivity contribution in [1.82, 2.24) is 15.3 Å². The summed E-state index contributed by atoms with van der Waals surface area (Å²) in [5, 5.41) is 6.08. The second kappa shape index (κ2) is 7.82. The molecule has 3 rings (SSSR count). The van der Waals surface area contributed by atoms with Gasteiger partial charge < -0.3 is 15.1 Å². The van der Waals surface area contributed by atoms with E-state index in [1.807, 2.05) is 32.0 Å². The molecule has 1 aromatic carbocycles. The fourth-order valence-corrected chi connectivity index (χ4v) is 2.73. The van der Waals surface area contributed by atoms with E-state index in [1.54, 1.807) is 18.4 Å². The molecular weight excluding hydrogens is 328 g/mol. The van der Waals surface area contributed by atoms with Gasteiger partial charge in [-0.1, -0.05) is 25.1 Å². The quantitative estimate of drug-likeness (QED) is 0.704. The zero-order valence-electron chi connectivity index (χ0n) is 15.2. The molecule has 0 radical (unpaired) electrons. The Hall–Kier alpha value is -3.15. The molecule has 134 valence electrons. The van der Waals surface area contributed by atoms with Crippen LogP contribution in [0.5, 0.6) is 0 Å². The van der Waals surface area contributed by atoms with Crippen molar-refractivity contribution < 1.29 is 9.21 Å². The Bertz CT molecular complexity index is 904. The van der Waals surface area contributed by atoms with Crippen LogP contribution in [-0.2, 0) is 13.0 Å². The SMILES string of the molecule is CCc1cccc(C)c1Nc1nc(C)cc(C(=O)NCc2ccco2)n1. The van der Waals surface area contributed by atoms with E-state index in [1.165, 1.54) is 5.56 Å². The Morgan fingerprint density at radius 1 is 1.15 bits per heavy atom. The lowest BCUT2D eigenvalue weighted by Gasteiger charge is -2.14. The number of aryl methyl sites for hydroxylation is 3. The summed E-state index contributed by atoms with van der Waals surface area (Å²) in [7, 11) is 0. The molecule has 0 unspecified atom stereocenters. The van der Waals surface area contributed by atoms with Crippen LogP contribution in [0.25, 0.3) is 0 Å². The van der Waals surface area contributed by atoms with Gasteiger partial charge in [-0.25, -0.2) is 9.97 Å². The second-order valence-corrected chi connectivity index (χ2v) is 6.07. The number of para-hydroxylation sites is 1. The topological polar surface area (TPSA) is 80.0 Å². The molecule has 3 aromatic rings. The molecule has 1 amide bonds. The van der Waals surface area contributed by atoms with Gasteiger partial charge in [-0.15, -0.1) is 0 Å². The normalized spacial score (nSPS) is 10.6. The van der Waals surface area contributed by atoms with E-state index in [0.717, 1.165) is 23.4 Å². The van der Waals surface area contributed by atoms with E-state index in [9.17, 15) is 4.79 Å². The number of hydrogen-bond donors (Lipinski definition) is 2. The zero-order valence-corrected chi connectivity index (χ0v) is 15.2. The minimum absolute atomic E-state index is 0.268. The van der Waals surface area contributed by atoms with Crippen LogP contribution in [0.1, 0.15) is 40.0 Å². The van der Waals surface area contributed by atoms with Gasteiger partial charge in [0.15, 0.2) is 0 Å². The molecule has 0 fully saturated rings. The minimum atomic E-state index is -0.268. The number of rotatable bonds is 6. The number of nitrogens with zero attached hydrogens (tertiary/aromatic N) is 2. The highest BCUT2D eigenvalue weighted by molar-refractivity contribution is 5.92. The molecule has 0 aliphatic carbocycles. The van der Waals surface area contributed by atoms with Gasteiger partial charge in [-0.2, -0.15) is 0 Å². The van der Waals surface area contributed by atoms with Gasteiger partial charge in [-0.05, 0) is 49.6 Å². The average Bonchev–Trinajstić information content (AvgIpc) is 3.14. The average molecular weight is 350 g/mol. The van der Waals surface area contributed by atoms with Crippen LogP contribution in [0.4, 0.5) is 11.6 Å². The lowest BCUT2D eigenvalue weighted by atomic mass is 10.1. The second-order valence-electron chi connectivity index (χ2n) is 6.07.